The topological polar surface area (TPSA) is 35.2 Å². The lowest BCUT2D eigenvalue weighted by Gasteiger charge is -2.14. The Bertz CT molecular complexity index is 361. The molecule has 0 atom stereocenters. The van der Waals surface area contributed by atoms with Crippen molar-refractivity contribution in [3.05, 3.63) is 34.3 Å². The monoisotopic (exact) mass is 225 g/mol. The quantitative estimate of drug-likeness (QED) is 0.855. The predicted octanol–water partition coefficient (Wildman–Crippen LogP) is 2.52. The molecule has 0 saturated heterocycles. The van der Waals surface area contributed by atoms with Crippen LogP contribution in [-0.2, 0) is 17.8 Å². The third-order valence-electron chi connectivity index (χ3n) is 2.94. The van der Waals surface area contributed by atoms with Gasteiger partial charge in [0.1, 0.15) is 0 Å². The van der Waals surface area contributed by atoms with Gasteiger partial charge in [0.05, 0.1) is 6.61 Å². The summed E-state index contributed by atoms with van der Waals surface area (Å²) in [6.45, 7) is 0.603. The van der Waals surface area contributed by atoms with Crippen LogP contribution in [0, 0.1) is 0 Å². The van der Waals surface area contributed by atoms with Crippen LogP contribution in [0.15, 0.2) is 18.2 Å². The first-order valence-electron chi connectivity index (χ1n) is 5.19. The van der Waals surface area contributed by atoms with Crippen molar-refractivity contribution >= 4 is 11.6 Å². The van der Waals surface area contributed by atoms with Crippen LogP contribution in [0.2, 0.25) is 5.02 Å². The van der Waals surface area contributed by atoms with E-state index in [9.17, 15) is 0 Å². The highest BCUT2D eigenvalue weighted by molar-refractivity contribution is 6.31. The first-order valence-corrected chi connectivity index (χ1v) is 5.56. The van der Waals surface area contributed by atoms with Gasteiger partial charge in [-0.2, -0.15) is 0 Å². The summed E-state index contributed by atoms with van der Waals surface area (Å²) in [5.74, 6) is 0. The molecule has 1 aromatic carbocycles. The SMILES string of the molecule is COCc1cccc(Cl)c1CC1(N)CC1. The molecular formula is C12H16ClNO. The van der Waals surface area contributed by atoms with E-state index in [0.29, 0.717) is 6.61 Å². The van der Waals surface area contributed by atoms with Gasteiger partial charge >= 0.3 is 0 Å². The van der Waals surface area contributed by atoms with E-state index in [1.54, 1.807) is 7.11 Å². The summed E-state index contributed by atoms with van der Waals surface area (Å²) in [5.41, 5.74) is 8.41. The maximum absolute atomic E-state index is 6.19. The van der Waals surface area contributed by atoms with Crippen molar-refractivity contribution in [3.8, 4) is 0 Å². The lowest BCUT2D eigenvalue weighted by molar-refractivity contribution is 0.184. The van der Waals surface area contributed by atoms with Gasteiger partial charge in [0.2, 0.25) is 0 Å². The van der Waals surface area contributed by atoms with Crippen molar-refractivity contribution < 1.29 is 4.74 Å². The zero-order chi connectivity index (χ0) is 10.9. The van der Waals surface area contributed by atoms with Crippen LogP contribution >= 0.6 is 11.6 Å². The van der Waals surface area contributed by atoms with Crippen molar-refractivity contribution in [1.82, 2.24) is 0 Å². The highest BCUT2D eigenvalue weighted by Crippen LogP contribution is 2.38. The Morgan fingerprint density at radius 2 is 2.20 bits per heavy atom. The fraction of sp³-hybridized carbons (Fsp3) is 0.500. The first-order chi connectivity index (χ1) is 7.14. The zero-order valence-electron chi connectivity index (χ0n) is 8.92. The van der Waals surface area contributed by atoms with Crippen molar-refractivity contribution in [2.45, 2.75) is 31.4 Å². The van der Waals surface area contributed by atoms with E-state index in [2.05, 4.69) is 6.07 Å². The number of hydrogen-bond donors (Lipinski definition) is 1. The third kappa shape index (κ3) is 2.51. The molecule has 1 aliphatic carbocycles. The summed E-state index contributed by atoms with van der Waals surface area (Å²) >= 11 is 6.19. The largest absolute Gasteiger partial charge is 0.380 e. The Kier molecular flexibility index (Phi) is 3.01. The molecule has 0 amide bonds. The second-order valence-corrected chi connectivity index (χ2v) is 4.76. The molecule has 0 heterocycles. The van der Waals surface area contributed by atoms with Crippen LogP contribution < -0.4 is 5.73 Å². The third-order valence-corrected chi connectivity index (χ3v) is 3.29. The van der Waals surface area contributed by atoms with Gasteiger partial charge in [0.15, 0.2) is 0 Å². The van der Waals surface area contributed by atoms with E-state index >= 15 is 0 Å². The molecule has 1 aliphatic rings. The van der Waals surface area contributed by atoms with E-state index in [1.807, 2.05) is 12.1 Å². The second-order valence-electron chi connectivity index (χ2n) is 4.35. The van der Waals surface area contributed by atoms with Crippen LogP contribution in [0.25, 0.3) is 0 Å². The summed E-state index contributed by atoms with van der Waals surface area (Å²) in [7, 11) is 1.69. The minimum atomic E-state index is -0.00646. The van der Waals surface area contributed by atoms with Gasteiger partial charge < -0.3 is 10.5 Å². The maximum atomic E-state index is 6.19. The molecule has 0 aliphatic heterocycles. The summed E-state index contributed by atoms with van der Waals surface area (Å²) in [6, 6.07) is 5.93. The van der Waals surface area contributed by atoms with E-state index in [0.717, 1.165) is 35.4 Å². The fourth-order valence-electron chi connectivity index (χ4n) is 1.78. The summed E-state index contributed by atoms with van der Waals surface area (Å²) < 4.78 is 5.16. The van der Waals surface area contributed by atoms with E-state index in [-0.39, 0.29) is 5.54 Å². The summed E-state index contributed by atoms with van der Waals surface area (Å²) in [6.07, 6.45) is 3.07. The fourth-order valence-corrected chi connectivity index (χ4v) is 2.04. The van der Waals surface area contributed by atoms with E-state index in [4.69, 9.17) is 22.1 Å². The Morgan fingerprint density at radius 3 is 2.80 bits per heavy atom. The average Bonchev–Trinajstić information content (AvgIpc) is 2.91. The van der Waals surface area contributed by atoms with Gasteiger partial charge in [0.25, 0.3) is 0 Å². The van der Waals surface area contributed by atoms with Crippen molar-refractivity contribution in [1.29, 1.82) is 0 Å². The molecule has 1 saturated carbocycles. The van der Waals surface area contributed by atoms with Gasteiger partial charge in [0, 0.05) is 17.7 Å². The first kappa shape index (κ1) is 10.9. The highest BCUT2D eigenvalue weighted by atomic mass is 35.5. The Labute approximate surface area is 95.4 Å². The van der Waals surface area contributed by atoms with Crippen LogP contribution in [0.4, 0.5) is 0 Å². The lowest BCUT2D eigenvalue weighted by Crippen LogP contribution is -2.25. The molecular weight excluding hydrogens is 210 g/mol. The maximum Gasteiger partial charge on any atom is 0.0716 e. The minimum absolute atomic E-state index is 0.00646. The van der Waals surface area contributed by atoms with Crippen molar-refractivity contribution in [2.75, 3.05) is 7.11 Å². The standard InChI is InChI=1S/C12H16ClNO/c1-15-8-9-3-2-4-11(13)10(9)7-12(14)5-6-12/h2-4H,5-8,14H2,1H3. The molecule has 2 nitrogen and oxygen atoms in total. The van der Waals surface area contributed by atoms with Crippen molar-refractivity contribution in [3.63, 3.8) is 0 Å². The van der Waals surface area contributed by atoms with Gasteiger partial charge in [-0.05, 0) is 36.5 Å². The normalized spacial score (nSPS) is 17.8. The molecule has 15 heavy (non-hydrogen) atoms. The van der Waals surface area contributed by atoms with Crippen LogP contribution in [0.3, 0.4) is 0 Å². The average molecular weight is 226 g/mol. The smallest absolute Gasteiger partial charge is 0.0716 e. The molecule has 82 valence electrons. The van der Waals surface area contributed by atoms with Crippen LogP contribution in [0.5, 0.6) is 0 Å². The van der Waals surface area contributed by atoms with E-state index < -0.39 is 0 Å². The molecule has 0 aromatic heterocycles. The van der Waals surface area contributed by atoms with Crippen LogP contribution in [0.1, 0.15) is 24.0 Å². The van der Waals surface area contributed by atoms with Gasteiger partial charge in [-0.25, -0.2) is 0 Å². The number of benzene rings is 1. The predicted molar refractivity (Wildman–Crippen MR) is 62.0 cm³/mol. The minimum Gasteiger partial charge on any atom is -0.380 e. The summed E-state index contributed by atoms with van der Waals surface area (Å²) in [5, 5.41) is 0.807. The highest BCUT2D eigenvalue weighted by Gasteiger charge is 2.38. The molecule has 0 radical (unpaired) electrons. The van der Waals surface area contributed by atoms with Gasteiger partial charge in [-0.1, -0.05) is 23.7 Å². The van der Waals surface area contributed by atoms with Crippen LogP contribution in [-0.4, -0.2) is 12.6 Å². The number of halogens is 1. The van der Waals surface area contributed by atoms with Gasteiger partial charge in [-0.3, -0.25) is 0 Å². The zero-order valence-corrected chi connectivity index (χ0v) is 9.68. The second kappa shape index (κ2) is 4.12. The molecule has 2 N–H and O–H groups in total. The van der Waals surface area contributed by atoms with Gasteiger partial charge in [-0.15, -0.1) is 0 Å². The number of rotatable bonds is 4. The number of hydrogen-bond acceptors (Lipinski definition) is 2. The molecule has 0 spiro atoms. The lowest BCUT2D eigenvalue weighted by atomic mass is 9.99. The number of nitrogens with two attached hydrogens (primary N) is 1. The molecule has 0 bridgehead atoms. The number of methoxy groups -OCH3 is 1. The van der Waals surface area contributed by atoms with E-state index in [1.165, 1.54) is 0 Å². The molecule has 3 heteroatoms. The molecule has 1 fully saturated rings. The Hall–Kier alpha value is -0.570. The number of ether oxygens (including phenoxy) is 1. The molecule has 2 rings (SSSR count). The van der Waals surface area contributed by atoms with Crippen molar-refractivity contribution in [2.24, 2.45) is 5.73 Å². The molecule has 1 aromatic rings. The summed E-state index contributed by atoms with van der Waals surface area (Å²) in [4.78, 5) is 0. The Balaban J connectivity index is 2.25. The Morgan fingerprint density at radius 1 is 1.47 bits per heavy atom. The molecule has 0 unspecified atom stereocenters.